The molecule has 0 heterocycles. The van der Waals surface area contributed by atoms with Crippen molar-refractivity contribution in [2.75, 3.05) is 20.1 Å². The number of aliphatic carboxylic acids is 1. The molecule has 0 bridgehead atoms. The Morgan fingerprint density at radius 2 is 2.12 bits per heavy atom. The topological polar surface area (TPSA) is 52.6 Å². The zero-order chi connectivity index (χ0) is 12.3. The molecule has 4 nitrogen and oxygen atoms in total. The number of nitrogens with zero attached hydrogens (tertiary/aromatic N) is 1. The van der Waals surface area contributed by atoms with E-state index in [4.69, 9.17) is 0 Å². The molecule has 1 saturated carbocycles. The van der Waals surface area contributed by atoms with Gasteiger partial charge in [0.15, 0.2) is 0 Å². The van der Waals surface area contributed by atoms with E-state index in [2.05, 4.69) is 31.1 Å². The number of carbonyl (C=O) groups is 1. The van der Waals surface area contributed by atoms with Crippen LogP contribution in [-0.4, -0.2) is 47.7 Å². The molecule has 0 aromatic rings. The van der Waals surface area contributed by atoms with Crippen LogP contribution in [0.15, 0.2) is 0 Å². The van der Waals surface area contributed by atoms with Gasteiger partial charge in [0.1, 0.15) is 5.54 Å². The molecule has 0 spiro atoms. The van der Waals surface area contributed by atoms with Gasteiger partial charge >= 0.3 is 5.97 Å². The Morgan fingerprint density at radius 1 is 1.56 bits per heavy atom. The van der Waals surface area contributed by atoms with E-state index in [1.165, 1.54) is 0 Å². The monoisotopic (exact) mass is 228 g/mol. The van der Waals surface area contributed by atoms with E-state index >= 15 is 0 Å². The fourth-order valence-corrected chi connectivity index (χ4v) is 1.81. The van der Waals surface area contributed by atoms with Crippen LogP contribution in [0.25, 0.3) is 0 Å². The molecule has 1 atom stereocenters. The lowest BCUT2D eigenvalue weighted by Gasteiger charge is -2.28. The van der Waals surface area contributed by atoms with Crippen LogP contribution in [0.5, 0.6) is 0 Å². The molecule has 4 heteroatoms. The van der Waals surface area contributed by atoms with Gasteiger partial charge in [0.2, 0.25) is 0 Å². The Hall–Kier alpha value is -0.610. The molecular weight excluding hydrogens is 204 g/mol. The van der Waals surface area contributed by atoms with Crippen molar-refractivity contribution in [1.29, 1.82) is 0 Å². The molecule has 0 saturated heterocycles. The summed E-state index contributed by atoms with van der Waals surface area (Å²) >= 11 is 0. The summed E-state index contributed by atoms with van der Waals surface area (Å²) < 4.78 is 0. The first kappa shape index (κ1) is 13.5. The Kier molecular flexibility index (Phi) is 4.33. The molecule has 0 aromatic carbocycles. The SMILES string of the molecule is CC(C)N(C)CCNC(C)(C(=O)O)C1CC1. The maximum atomic E-state index is 11.2. The number of likely N-dealkylation sites (N-methyl/N-ethyl adjacent to an activating group) is 1. The average Bonchev–Trinajstić information content (AvgIpc) is 2.99. The summed E-state index contributed by atoms with van der Waals surface area (Å²) in [6, 6.07) is 0.499. The predicted octanol–water partition coefficient (Wildman–Crippen LogP) is 1.17. The Balaban J connectivity index is 2.37. The van der Waals surface area contributed by atoms with Crippen LogP contribution in [0.4, 0.5) is 0 Å². The summed E-state index contributed by atoms with van der Waals surface area (Å²) in [4.78, 5) is 13.4. The number of carboxylic acids is 1. The molecule has 1 aliphatic rings. The van der Waals surface area contributed by atoms with E-state index in [1.54, 1.807) is 0 Å². The highest BCUT2D eigenvalue weighted by Crippen LogP contribution is 2.39. The highest BCUT2D eigenvalue weighted by molar-refractivity contribution is 5.79. The molecule has 1 fully saturated rings. The van der Waals surface area contributed by atoms with Gasteiger partial charge in [-0.2, -0.15) is 0 Å². The molecule has 2 N–H and O–H groups in total. The molecule has 0 aliphatic heterocycles. The van der Waals surface area contributed by atoms with Crippen LogP contribution < -0.4 is 5.32 Å². The minimum Gasteiger partial charge on any atom is -0.480 e. The van der Waals surface area contributed by atoms with Crippen molar-refractivity contribution in [1.82, 2.24) is 10.2 Å². The molecule has 1 unspecified atom stereocenters. The second-order valence-electron chi connectivity index (χ2n) is 5.28. The number of rotatable bonds is 7. The van der Waals surface area contributed by atoms with Crippen molar-refractivity contribution in [3.63, 3.8) is 0 Å². The smallest absolute Gasteiger partial charge is 0.323 e. The van der Waals surface area contributed by atoms with Crippen LogP contribution >= 0.6 is 0 Å². The van der Waals surface area contributed by atoms with Crippen LogP contribution in [0.3, 0.4) is 0 Å². The van der Waals surface area contributed by atoms with E-state index in [0.717, 1.165) is 25.9 Å². The summed E-state index contributed by atoms with van der Waals surface area (Å²) in [6.45, 7) is 7.69. The molecule has 0 radical (unpaired) electrons. The van der Waals surface area contributed by atoms with Crippen molar-refractivity contribution in [2.24, 2.45) is 5.92 Å². The maximum absolute atomic E-state index is 11.2. The molecule has 1 aliphatic carbocycles. The van der Waals surface area contributed by atoms with Crippen LogP contribution in [-0.2, 0) is 4.79 Å². The lowest BCUT2D eigenvalue weighted by molar-refractivity contribution is -0.145. The first-order valence-electron chi connectivity index (χ1n) is 6.06. The van der Waals surface area contributed by atoms with Crippen molar-refractivity contribution >= 4 is 5.97 Å². The molecule has 1 rings (SSSR count). The van der Waals surface area contributed by atoms with E-state index in [-0.39, 0.29) is 0 Å². The second kappa shape index (κ2) is 5.15. The van der Waals surface area contributed by atoms with Crippen molar-refractivity contribution in [2.45, 2.75) is 45.2 Å². The van der Waals surface area contributed by atoms with Crippen LogP contribution in [0, 0.1) is 5.92 Å². The van der Waals surface area contributed by atoms with Gasteiger partial charge in [-0.25, -0.2) is 0 Å². The summed E-state index contributed by atoms with van der Waals surface area (Å²) in [5.74, 6) is -0.406. The van der Waals surface area contributed by atoms with Gasteiger partial charge in [-0.15, -0.1) is 0 Å². The average molecular weight is 228 g/mol. The number of nitrogens with one attached hydrogen (secondary N) is 1. The molecule has 0 amide bonds. The molecular formula is C12H24N2O2. The summed E-state index contributed by atoms with van der Waals surface area (Å²) in [5.41, 5.74) is -0.724. The minimum atomic E-state index is -0.724. The number of carboxylic acid groups (broad SMARTS) is 1. The first-order chi connectivity index (χ1) is 7.38. The van der Waals surface area contributed by atoms with Crippen LogP contribution in [0.1, 0.15) is 33.6 Å². The van der Waals surface area contributed by atoms with E-state index in [9.17, 15) is 9.90 Å². The fourth-order valence-electron chi connectivity index (χ4n) is 1.81. The molecule has 16 heavy (non-hydrogen) atoms. The van der Waals surface area contributed by atoms with Gasteiger partial charge in [0, 0.05) is 19.1 Å². The van der Waals surface area contributed by atoms with Crippen molar-refractivity contribution < 1.29 is 9.90 Å². The molecule has 94 valence electrons. The quantitative estimate of drug-likeness (QED) is 0.687. The Labute approximate surface area is 98.0 Å². The van der Waals surface area contributed by atoms with E-state index < -0.39 is 11.5 Å². The summed E-state index contributed by atoms with van der Waals surface area (Å²) in [7, 11) is 2.06. The summed E-state index contributed by atoms with van der Waals surface area (Å²) in [6.07, 6.45) is 2.08. The van der Waals surface area contributed by atoms with E-state index in [0.29, 0.717) is 12.0 Å². The zero-order valence-corrected chi connectivity index (χ0v) is 10.8. The first-order valence-corrected chi connectivity index (χ1v) is 6.06. The number of hydrogen-bond acceptors (Lipinski definition) is 3. The number of hydrogen-bond donors (Lipinski definition) is 2. The Bertz CT molecular complexity index is 251. The zero-order valence-electron chi connectivity index (χ0n) is 10.8. The highest BCUT2D eigenvalue weighted by atomic mass is 16.4. The van der Waals surface area contributed by atoms with Gasteiger partial charge in [0.05, 0.1) is 0 Å². The minimum absolute atomic E-state index is 0.314. The van der Waals surface area contributed by atoms with E-state index in [1.807, 2.05) is 6.92 Å². The lowest BCUT2D eigenvalue weighted by Crippen LogP contribution is -2.53. The predicted molar refractivity (Wildman–Crippen MR) is 64.5 cm³/mol. The maximum Gasteiger partial charge on any atom is 0.323 e. The third-order valence-corrected chi connectivity index (χ3v) is 3.68. The van der Waals surface area contributed by atoms with Gasteiger partial charge in [-0.05, 0) is 46.6 Å². The Morgan fingerprint density at radius 3 is 2.50 bits per heavy atom. The highest BCUT2D eigenvalue weighted by Gasteiger charge is 2.46. The standard InChI is InChI=1S/C12H24N2O2/c1-9(2)14(4)8-7-13-12(3,11(15)16)10-5-6-10/h9-10,13H,5-8H2,1-4H3,(H,15,16). The van der Waals surface area contributed by atoms with Gasteiger partial charge in [0.25, 0.3) is 0 Å². The van der Waals surface area contributed by atoms with Gasteiger partial charge < -0.3 is 15.3 Å². The third kappa shape index (κ3) is 3.19. The van der Waals surface area contributed by atoms with Crippen molar-refractivity contribution in [3.05, 3.63) is 0 Å². The largest absolute Gasteiger partial charge is 0.480 e. The third-order valence-electron chi connectivity index (χ3n) is 3.68. The second-order valence-corrected chi connectivity index (χ2v) is 5.28. The fraction of sp³-hybridized carbons (Fsp3) is 0.917. The normalized spacial score (nSPS) is 20.1. The molecule has 0 aromatic heterocycles. The lowest BCUT2D eigenvalue weighted by atomic mass is 9.96. The van der Waals surface area contributed by atoms with Gasteiger partial charge in [-0.1, -0.05) is 0 Å². The van der Waals surface area contributed by atoms with Crippen LogP contribution in [0.2, 0.25) is 0 Å². The summed E-state index contributed by atoms with van der Waals surface area (Å²) in [5, 5.41) is 12.4. The van der Waals surface area contributed by atoms with Crippen molar-refractivity contribution in [3.8, 4) is 0 Å². The van der Waals surface area contributed by atoms with Gasteiger partial charge in [-0.3, -0.25) is 4.79 Å².